The molecule has 1 aromatic carbocycles. The second kappa shape index (κ2) is 6.20. The zero-order valence-electron chi connectivity index (χ0n) is 10.6. The number of aromatic nitrogens is 3. The maximum atomic E-state index is 9.19. The summed E-state index contributed by atoms with van der Waals surface area (Å²) >= 11 is 4.26. The van der Waals surface area contributed by atoms with Crippen LogP contribution in [0.5, 0.6) is 0 Å². The number of thiazole rings is 1. The lowest BCUT2D eigenvalue weighted by molar-refractivity contribution is -0.708. The lowest BCUT2D eigenvalue weighted by Crippen LogP contribution is -1.92. The van der Waals surface area contributed by atoms with Gasteiger partial charge in [0.05, 0.1) is 5.38 Å². The third-order valence-corrected chi connectivity index (χ3v) is 5.16. The predicted octanol–water partition coefficient (Wildman–Crippen LogP) is 3.62. The third-order valence-electron chi connectivity index (χ3n) is 2.34. The minimum Gasteiger partial charge on any atom is -0.350 e. The molecule has 3 aromatic rings. The van der Waals surface area contributed by atoms with Gasteiger partial charge in [0.15, 0.2) is 4.34 Å². The van der Waals surface area contributed by atoms with E-state index < -0.39 is 0 Å². The van der Waals surface area contributed by atoms with E-state index in [-0.39, 0.29) is 0 Å². The number of hydrogen-bond donors (Lipinski definition) is 2. The van der Waals surface area contributed by atoms with E-state index in [4.69, 9.17) is 0 Å². The number of rotatable bonds is 5. The molecule has 0 aliphatic rings. The molecule has 0 saturated carbocycles. The SMILES string of the molecule is C=[N+](O)c1csc(Sc2nnc(Nc3ccccc3)s2)n1. The van der Waals surface area contributed by atoms with Gasteiger partial charge >= 0.3 is 5.82 Å². The molecule has 0 radical (unpaired) electrons. The number of anilines is 2. The van der Waals surface area contributed by atoms with Crippen molar-refractivity contribution in [1.82, 2.24) is 15.2 Å². The van der Waals surface area contributed by atoms with Gasteiger partial charge in [-0.15, -0.1) is 10.2 Å². The molecule has 0 saturated heterocycles. The van der Waals surface area contributed by atoms with Gasteiger partial charge in [-0.05, 0) is 17.1 Å². The Bertz CT molecular complexity index is 755. The summed E-state index contributed by atoms with van der Waals surface area (Å²) in [5, 5.41) is 23.0. The van der Waals surface area contributed by atoms with Crippen molar-refractivity contribution in [3.63, 3.8) is 0 Å². The molecule has 0 atom stereocenters. The van der Waals surface area contributed by atoms with Crippen LogP contribution in [0.1, 0.15) is 0 Å². The predicted molar refractivity (Wildman–Crippen MR) is 84.7 cm³/mol. The van der Waals surface area contributed by atoms with Crippen LogP contribution in [0, 0.1) is 0 Å². The molecule has 0 bridgehead atoms. The summed E-state index contributed by atoms with van der Waals surface area (Å²) in [7, 11) is 0. The van der Waals surface area contributed by atoms with Crippen molar-refractivity contribution in [1.29, 1.82) is 0 Å². The van der Waals surface area contributed by atoms with Gasteiger partial charge in [0, 0.05) is 17.4 Å². The molecule has 0 spiro atoms. The molecule has 0 unspecified atom stereocenters. The average molecular weight is 336 g/mol. The van der Waals surface area contributed by atoms with Gasteiger partial charge in [0.25, 0.3) is 4.34 Å². The van der Waals surface area contributed by atoms with E-state index in [0.717, 1.165) is 24.2 Å². The minimum absolute atomic E-state index is 0.412. The molecule has 0 fully saturated rings. The first-order chi connectivity index (χ1) is 10.2. The quantitative estimate of drug-likeness (QED) is 0.321. The second-order valence-corrected chi connectivity index (χ2v) is 7.17. The lowest BCUT2D eigenvalue weighted by Gasteiger charge is -1.99. The fourth-order valence-electron chi connectivity index (χ4n) is 1.44. The largest absolute Gasteiger partial charge is 0.373 e. The summed E-state index contributed by atoms with van der Waals surface area (Å²) in [5.74, 6) is 0.412. The zero-order chi connectivity index (χ0) is 14.7. The molecular weight excluding hydrogens is 326 g/mol. The van der Waals surface area contributed by atoms with Crippen LogP contribution in [0.15, 0.2) is 44.4 Å². The Labute approximate surface area is 132 Å². The van der Waals surface area contributed by atoms with E-state index in [0.29, 0.717) is 5.82 Å². The topological polar surface area (TPSA) is 73.9 Å². The number of nitrogens with one attached hydrogen (secondary N) is 1. The normalized spacial score (nSPS) is 10.5. The highest BCUT2D eigenvalue weighted by Crippen LogP contribution is 2.35. The van der Waals surface area contributed by atoms with E-state index >= 15 is 0 Å². The second-order valence-electron chi connectivity index (χ2n) is 3.84. The third kappa shape index (κ3) is 3.57. The smallest absolute Gasteiger partial charge is 0.350 e. The number of para-hydroxylation sites is 1. The molecule has 0 amide bonds. The Morgan fingerprint density at radius 3 is 2.71 bits per heavy atom. The van der Waals surface area contributed by atoms with Crippen molar-refractivity contribution < 1.29 is 9.95 Å². The van der Waals surface area contributed by atoms with Crippen LogP contribution in [-0.2, 0) is 0 Å². The van der Waals surface area contributed by atoms with E-state index in [1.54, 1.807) is 5.38 Å². The van der Waals surface area contributed by atoms with E-state index in [1.165, 1.54) is 34.4 Å². The Kier molecular flexibility index (Phi) is 4.13. The first-order valence-corrected chi connectivity index (χ1v) is 8.30. The van der Waals surface area contributed by atoms with Gasteiger partial charge in [0.2, 0.25) is 5.13 Å². The van der Waals surface area contributed by atoms with Crippen LogP contribution in [0.4, 0.5) is 16.6 Å². The highest BCUT2D eigenvalue weighted by Gasteiger charge is 2.17. The molecular formula is C12H10N5OS3+. The van der Waals surface area contributed by atoms with Crippen molar-refractivity contribution in [2.24, 2.45) is 0 Å². The number of hydrogen-bond acceptors (Lipinski definition) is 8. The van der Waals surface area contributed by atoms with Crippen molar-refractivity contribution >= 4 is 57.8 Å². The van der Waals surface area contributed by atoms with E-state index in [9.17, 15) is 5.21 Å². The van der Waals surface area contributed by atoms with Crippen molar-refractivity contribution in [2.75, 3.05) is 5.32 Å². The molecule has 21 heavy (non-hydrogen) atoms. The van der Waals surface area contributed by atoms with Crippen molar-refractivity contribution in [3.8, 4) is 0 Å². The summed E-state index contributed by atoms with van der Waals surface area (Å²) in [6.07, 6.45) is 0. The summed E-state index contributed by atoms with van der Waals surface area (Å²) in [6, 6.07) is 9.79. The molecule has 3 rings (SSSR count). The van der Waals surface area contributed by atoms with Crippen LogP contribution in [-0.4, -0.2) is 31.8 Å². The molecule has 2 N–H and O–H groups in total. The first kappa shape index (κ1) is 14.0. The summed E-state index contributed by atoms with van der Waals surface area (Å²) in [4.78, 5) is 4.21. The molecule has 2 heterocycles. The van der Waals surface area contributed by atoms with Gasteiger partial charge in [-0.3, -0.25) is 0 Å². The van der Waals surface area contributed by atoms with Gasteiger partial charge < -0.3 is 10.5 Å². The van der Waals surface area contributed by atoms with Crippen LogP contribution < -0.4 is 5.32 Å². The van der Waals surface area contributed by atoms with Gasteiger partial charge in [-0.25, -0.2) is 0 Å². The van der Waals surface area contributed by atoms with Gasteiger partial charge in [-0.1, -0.05) is 45.6 Å². The molecule has 6 nitrogen and oxygen atoms in total. The Morgan fingerprint density at radius 1 is 1.19 bits per heavy atom. The lowest BCUT2D eigenvalue weighted by atomic mass is 10.3. The fraction of sp³-hybridized carbons (Fsp3) is 0. The standard InChI is InChI=1S/C12H10N5OS3/c1-17(18)9-7-19-11(14-9)21-12-16-15-10(20-12)13-8-5-3-2-4-6-8/h2-7,18H,1H2,(H,13,15)/q+1. The zero-order valence-corrected chi connectivity index (χ0v) is 13.1. The number of nitrogens with zero attached hydrogens (tertiary/aromatic N) is 4. The van der Waals surface area contributed by atoms with Crippen molar-refractivity contribution in [2.45, 2.75) is 8.68 Å². The molecule has 2 aromatic heterocycles. The van der Waals surface area contributed by atoms with Crippen LogP contribution in [0.2, 0.25) is 0 Å². The van der Waals surface area contributed by atoms with Gasteiger partial charge in [0.1, 0.15) is 6.72 Å². The first-order valence-electron chi connectivity index (χ1n) is 5.79. The Morgan fingerprint density at radius 2 is 2.00 bits per heavy atom. The minimum atomic E-state index is 0.412. The molecule has 9 heteroatoms. The highest BCUT2D eigenvalue weighted by atomic mass is 32.2. The van der Waals surface area contributed by atoms with Gasteiger partial charge in [-0.2, -0.15) is 0 Å². The molecule has 106 valence electrons. The summed E-state index contributed by atoms with van der Waals surface area (Å²) in [5.41, 5.74) is 0.967. The van der Waals surface area contributed by atoms with E-state index in [2.05, 4.69) is 27.2 Å². The van der Waals surface area contributed by atoms with E-state index in [1.807, 2.05) is 30.3 Å². The van der Waals surface area contributed by atoms with Crippen molar-refractivity contribution in [3.05, 3.63) is 35.7 Å². The van der Waals surface area contributed by atoms with Crippen LogP contribution in [0.3, 0.4) is 0 Å². The maximum Gasteiger partial charge on any atom is 0.373 e. The monoisotopic (exact) mass is 336 g/mol. The van der Waals surface area contributed by atoms with Crippen LogP contribution >= 0.6 is 34.4 Å². The van der Waals surface area contributed by atoms with Crippen LogP contribution in [0.25, 0.3) is 0 Å². The fourth-order valence-corrected chi connectivity index (χ4v) is 4.20. The Balaban J connectivity index is 1.68. The summed E-state index contributed by atoms with van der Waals surface area (Å²) < 4.78 is 2.29. The number of benzene rings is 1. The summed E-state index contributed by atoms with van der Waals surface area (Å²) in [6.45, 7) is 3.37. The maximum absolute atomic E-state index is 9.19. The highest BCUT2D eigenvalue weighted by molar-refractivity contribution is 8.02. The molecule has 0 aliphatic heterocycles. The Hall–Kier alpha value is -1.97. The average Bonchev–Trinajstić information content (AvgIpc) is 3.10. The molecule has 0 aliphatic carbocycles.